The number of aromatic nitrogens is 1. The zero-order valence-corrected chi connectivity index (χ0v) is 12.2. The van der Waals surface area contributed by atoms with Crippen molar-refractivity contribution in [3.63, 3.8) is 0 Å². The van der Waals surface area contributed by atoms with E-state index < -0.39 is 5.91 Å². The Hall–Kier alpha value is -1.46. The summed E-state index contributed by atoms with van der Waals surface area (Å²) in [5, 5.41) is 2.96. The van der Waals surface area contributed by atoms with Gasteiger partial charge in [-0.15, -0.1) is 0 Å². The molecule has 0 saturated heterocycles. The summed E-state index contributed by atoms with van der Waals surface area (Å²) in [5.74, 6) is -0.787. The number of amides is 1. The molecule has 6 heteroatoms. The number of pyridine rings is 1. The number of benzene rings is 1. The van der Waals surface area contributed by atoms with Gasteiger partial charge in [0.05, 0.1) is 16.3 Å². The fraction of sp³-hybridized carbons (Fsp3) is 0.0769. The van der Waals surface area contributed by atoms with Crippen LogP contribution < -0.4 is 5.32 Å². The van der Waals surface area contributed by atoms with Crippen LogP contribution in [0.5, 0.6) is 0 Å². The van der Waals surface area contributed by atoms with Crippen LogP contribution in [0.15, 0.2) is 34.9 Å². The van der Waals surface area contributed by atoms with Crippen LogP contribution in [-0.4, -0.2) is 10.9 Å². The average molecular weight is 344 g/mol. The quantitative estimate of drug-likeness (QED) is 0.888. The predicted octanol–water partition coefficient (Wildman–Crippen LogP) is 4.20. The molecule has 0 spiro atoms. The molecule has 1 aromatic carbocycles. The van der Waals surface area contributed by atoms with Crippen LogP contribution >= 0.6 is 27.5 Å². The second-order valence-corrected chi connectivity index (χ2v) is 5.15. The van der Waals surface area contributed by atoms with Gasteiger partial charge in [0.1, 0.15) is 5.82 Å². The third kappa shape index (κ3) is 3.30. The Morgan fingerprint density at radius 3 is 2.79 bits per heavy atom. The molecule has 0 radical (unpaired) electrons. The molecule has 19 heavy (non-hydrogen) atoms. The van der Waals surface area contributed by atoms with Gasteiger partial charge in [0.25, 0.3) is 5.91 Å². The Balaban J connectivity index is 2.25. The van der Waals surface area contributed by atoms with E-state index >= 15 is 0 Å². The molecule has 0 fully saturated rings. The lowest BCUT2D eigenvalue weighted by atomic mass is 10.2. The highest BCUT2D eigenvalue weighted by Crippen LogP contribution is 2.24. The molecule has 98 valence electrons. The minimum atomic E-state index is -0.398. The van der Waals surface area contributed by atoms with Crippen molar-refractivity contribution >= 4 is 39.1 Å². The summed E-state index contributed by atoms with van der Waals surface area (Å²) in [6, 6.07) is 5.60. The number of carbonyl (C=O) groups excluding carboxylic acids is 1. The van der Waals surface area contributed by atoms with Gasteiger partial charge < -0.3 is 5.32 Å². The second-order valence-electron chi connectivity index (χ2n) is 3.88. The Morgan fingerprint density at radius 2 is 2.16 bits per heavy atom. The lowest BCUT2D eigenvalue weighted by Gasteiger charge is -2.08. The molecule has 0 aliphatic heterocycles. The maximum Gasteiger partial charge on any atom is 0.258 e. The van der Waals surface area contributed by atoms with E-state index in [2.05, 4.69) is 26.2 Å². The molecule has 2 aromatic rings. The first-order valence-corrected chi connectivity index (χ1v) is 6.53. The first-order valence-electron chi connectivity index (χ1n) is 5.36. The van der Waals surface area contributed by atoms with Crippen LogP contribution in [0, 0.1) is 12.7 Å². The number of aryl methyl sites for hydroxylation is 1. The van der Waals surface area contributed by atoms with E-state index in [1.165, 1.54) is 24.4 Å². The summed E-state index contributed by atoms with van der Waals surface area (Å²) < 4.78 is 13.4. The van der Waals surface area contributed by atoms with E-state index in [4.69, 9.17) is 11.6 Å². The molecule has 1 aromatic heterocycles. The van der Waals surface area contributed by atoms with Crippen molar-refractivity contribution < 1.29 is 9.18 Å². The van der Waals surface area contributed by atoms with Crippen LogP contribution in [0.1, 0.15) is 16.1 Å². The van der Waals surface area contributed by atoms with Gasteiger partial charge in [-0.05, 0) is 47.1 Å². The summed E-state index contributed by atoms with van der Waals surface area (Å²) in [5.41, 5.74) is 1.45. The van der Waals surface area contributed by atoms with Gasteiger partial charge >= 0.3 is 0 Å². The van der Waals surface area contributed by atoms with Crippen molar-refractivity contribution in [1.29, 1.82) is 0 Å². The monoisotopic (exact) mass is 342 g/mol. The molecule has 0 unspecified atom stereocenters. The van der Waals surface area contributed by atoms with E-state index in [9.17, 15) is 9.18 Å². The largest absolute Gasteiger partial charge is 0.321 e. The van der Waals surface area contributed by atoms with Crippen LogP contribution in [0.25, 0.3) is 0 Å². The van der Waals surface area contributed by atoms with Gasteiger partial charge in [0, 0.05) is 16.4 Å². The molecule has 0 bridgehead atoms. The van der Waals surface area contributed by atoms with Crippen molar-refractivity contribution in [1.82, 2.24) is 4.98 Å². The van der Waals surface area contributed by atoms with Crippen molar-refractivity contribution in [2.75, 3.05) is 5.32 Å². The Bertz CT molecular complexity index is 649. The van der Waals surface area contributed by atoms with Gasteiger partial charge in [-0.2, -0.15) is 0 Å². The Morgan fingerprint density at radius 1 is 1.42 bits per heavy atom. The molecular weight excluding hydrogens is 335 g/mol. The third-order valence-electron chi connectivity index (χ3n) is 2.41. The number of carbonyl (C=O) groups is 1. The highest BCUT2D eigenvalue weighted by atomic mass is 79.9. The van der Waals surface area contributed by atoms with Gasteiger partial charge in [0.15, 0.2) is 0 Å². The number of nitrogens with one attached hydrogen (secondary N) is 1. The van der Waals surface area contributed by atoms with Gasteiger partial charge in [-0.25, -0.2) is 4.39 Å². The maximum atomic E-state index is 12.9. The van der Waals surface area contributed by atoms with Gasteiger partial charge in [-0.1, -0.05) is 11.6 Å². The van der Waals surface area contributed by atoms with Crippen molar-refractivity contribution in [3.8, 4) is 0 Å². The molecule has 2 rings (SSSR count). The number of hydrogen-bond acceptors (Lipinski definition) is 2. The normalized spacial score (nSPS) is 10.3. The summed E-state index contributed by atoms with van der Waals surface area (Å²) >= 11 is 9.16. The van der Waals surface area contributed by atoms with Crippen molar-refractivity contribution in [3.05, 3.63) is 57.0 Å². The number of anilines is 1. The van der Waals surface area contributed by atoms with Crippen LogP contribution in [0.2, 0.25) is 5.02 Å². The first-order chi connectivity index (χ1) is 8.97. The zero-order chi connectivity index (χ0) is 14.0. The molecule has 3 nitrogen and oxygen atoms in total. The molecule has 0 saturated carbocycles. The minimum Gasteiger partial charge on any atom is -0.321 e. The van der Waals surface area contributed by atoms with Crippen LogP contribution in [-0.2, 0) is 0 Å². The Labute approximate surface area is 122 Å². The average Bonchev–Trinajstić information content (AvgIpc) is 2.32. The third-order valence-corrected chi connectivity index (χ3v) is 3.38. The topological polar surface area (TPSA) is 42.0 Å². The fourth-order valence-electron chi connectivity index (χ4n) is 1.47. The summed E-state index contributed by atoms with van der Waals surface area (Å²) in [6.45, 7) is 1.78. The maximum absolute atomic E-state index is 12.9. The van der Waals surface area contributed by atoms with E-state index in [0.29, 0.717) is 15.2 Å². The molecule has 0 aliphatic rings. The number of nitrogens with zero attached hydrogens (tertiary/aromatic N) is 1. The lowest BCUT2D eigenvalue weighted by molar-refractivity contribution is 0.102. The number of halogens is 3. The minimum absolute atomic E-state index is 0.267. The highest BCUT2D eigenvalue weighted by molar-refractivity contribution is 9.10. The van der Waals surface area contributed by atoms with E-state index in [0.717, 1.165) is 5.69 Å². The zero-order valence-electron chi connectivity index (χ0n) is 9.88. The van der Waals surface area contributed by atoms with Gasteiger partial charge in [0.2, 0.25) is 0 Å². The van der Waals surface area contributed by atoms with Gasteiger partial charge in [-0.3, -0.25) is 9.78 Å². The standard InChI is InChI=1S/C13H9BrClFN2O/c1-7-4-11(15)9(6-17-7)13(19)18-12-3-2-8(16)5-10(12)14/h2-6H,1H3,(H,18,19). The predicted molar refractivity (Wildman–Crippen MR) is 76.0 cm³/mol. The van der Waals surface area contributed by atoms with Crippen molar-refractivity contribution in [2.24, 2.45) is 0 Å². The summed E-state index contributed by atoms with van der Waals surface area (Å²) in [6.07, 6.45) is 1.41. The number of hydrogen-bond donors (Lipinski definition) is 1. The fourth-order valence-corrected chi connectivity index (χ4v) is 2.22. The Kier molecular flexibility index (Phi) is 4.17. The molecule has 1 amide bonds. The summed E-state index contributed by atoms with van der Waals surface area (Å²) in [4.78, 5) is 16.1. The van der Waals surface area contributed by atoms with E-state index in [1.807, 2.05) is 0 Å². The van der Waals surface area contributed by atoms with Crippen molar-refractivity contribution in [2.45, 2.75) is 6.92 Å². The highest BCUT2D eigenvalue weighted by Gasteiger charge is 2.13. The molecule has 0 aliphatic carbocycles. The smallest absolute Gasteiger partial charge is 0.258 e. The van der Waals surface area contributed by atoms with E-state index in [-0.39, 0.29) is 11.4 Å². The SMILES string of the molecule is Cc1cc(Cl)c(C(=O)Nc2ccc(F)cc2Br)cn1. The molecular formula is C13H9BrClFN2O. The number of rotatable bonds is 2. The second kappa shape index (κ2) is 5.67. The molecule has 0 atom stereocenters. The molecule has 1 N–H and O–H groups in total. The van der Waals surface area contributed by atoms with Crippen LogP contribution in [0.4, 0.5) is 10.1 Å². The van der Waals surface area contributed by atoms with E-state index in [1.54, 1.807) is 13.0 Å². The molecule has 1 heterocycles. The first kappa shape index (κ1) is 14.0. The summed E-state index contributed by atoms with van der Waals surface area (Å²) in [7, 11) is 0. The van der Waals surface area contributed by atoms with Crippen LogP contribution in [0.3, 0.4) is 0 Å². The lowest BCUT2D eigenvalue weighted by Crippen LogP contribution is -2.13.